The van der Waals surface area contributed by atoms with E-state index in [0.717, 1.165) is 27.8 Å². The van der Waals surface area contributed by atoms with E-state index in [9.17, 15) is 4.79 Å². The van der Waals surface area contributed by atoms with Crippen molar-refractivity contribution >= 4 is 45.1 Å². The molecule has 2 heterocycles. The second kappa shape index (κ2) is 6.06. The summed E-state index contributed by atoms with van der Waals surface area (Å²) in [5, 5.41) is 12.2. The molecule has 0 bridgehead atoms. The van der Waals surface area contributed by atoms with Crippen LogP contribution in [-0.4, -0.2) is 24.9 Å². The van der Waals surface area contributed by atoms with E-state index in [1.807, 2.05) is 31.2 Å². The van der Waals surface area contributed by atoms with Gasteiger partial charge in [0.25, 0.3) is 5.91 Å². The first kappa shape index (κ1) is 14.9. The van der Waals surface area contributed by atoms with Crippen LogP contribution >= 0.6 is 23.1 Å². The van der Waals surface area contributed by atoms with Crippen LogP contribution in [0.2, 0.25) is 0 Å². The van der Waals surface area contributed by atoms with Gasteiger partial charge in [-0.2, -0.15) is 8.75 Å². The average molecular weight is 353 g/mol. The molecule has 1 amide bonds. The zero-order chi connectivity index (χ0) is 16.5. The minimum Gasteiger partial charge on any atom is -0.296 e. The predicted molar refractivity (Wildman–Crippen MR) is 95.5 cm³/mol. The van der Waals surface area contributed by atoms with Crippen molar-refractivity contribution in [3.63, 3.8) is 0 Å². The zero-order valence-corrected chi connectivity index (χ0v) is 14.2. The molecule has 24 heavy (non-hydrogen) atoms. The van der Waals surface area contributed by atoms with Gasteiger partial charge in [0.1, 0.15) is 16.0 Å². The van der Waals surface area contributed by atoms with Gasteiger partial charge < -0.3 is 0 Å². The Morgan fingerprint density at radius 3 is 2.62 bits per heavy atom. The number of carbonyl (C=O) groups excluding carboxylic acids is 1. The molecule has 0 atom stereocenters. The molecule has 0 saturated heterocycles. The third-order valence-corrected chi connectivity index (χ3v) is 4.90. The van der Waals surface area contributed by atoms with Gasteiger partial charge in [0.05, 0.1) is 11.7 Å². The molecule has 0 unspecified atom stereocenters. The Hall–Kier alpha value is -2.71. The lowest BCUT2D eigenvalue weighted by Crippen LogP contribution is -2.11. The summed E-state index contributed by atoms with van der Waals surface area (Å²) >= 11 is 2.47. The maximum absolute atomic E-state index is 12.4. The summed E-state index contributed by atoms with van der Waals surface area (Å²) in [4.78, 5) is 12.4. The molecule has 2 aromatic heterocycles. The molecule has 6 nitrogen and oxygen atoms in total. The van der Waals surface area contributed by atoms with Crippen LogP contribution in [0, 0.1) is 6.92 Å². The lowest BCUT2D eigenvalue weighted by atomic mass is 10.2. The van der Waals surface area contributed by atoms with Gasteiger partial charge >= 0.3 is 0 Å². The Morgan fingerprint density at radius 1 is 1.00 bits per heavy atom. The minimum absolute atomic E-state index is 0.239. The van der Waals surface area contributed by atoms with Gasteiger partial charge in [0.15, 0.2) is 0 Å². The smallest absolute Gasteiger partial charge is 0.257 e. The van der Waals surface area contributed by atoms with Gasteiger partial charge in [-0.3, -0.25) is 10.1 Å². The fourth-order valence-electron chi connectivity index (χ4n) is 2.18. The zero-order valence-electron chi connectivity index (χ0n) is 12.6. The molecule has 4 rings (SSSR count). The van der Waals surface area contributed by atoms with Crippen LogP contribution < -0.4 is 5.32 Å². The van der Waals surface area contributed by atoms with Crippen LogP contribution in [0.5, 0.6) is 0 Å². The van der Waals surface area contributed by atoms with Crippen molar-refractivity contribution in [3.05, 3.63) is 53.6 Å². The van der Waals surface area contributed by atoms with Crippen LogP contribution in [0.3, 0.4) is 0 Å². The number of aromatic nitrogens is 4. The van der Waals surface area contributed by atoms with Crippen molar-refractivity contribution in [1.29, 1.82) is 0 Å². The van der Waals surface area contributed by atoms with E-state index >= 15 is 0 Å². The van der Waals surface area contributed by atoms with Crippen molar-refractivity contribution in [2.75, 3.05) is 5.32 Å². The molecule has 1 N–H and O–H groups in total. The molecular weight excluding hydrogens is 342 g/mol. The first-order valence-electron chi connectivity index (χ1n) is 7.13. The molecule has 2 aromatic carbocycles. The topological polar surface area (TPSA) is 80.7 Å². The summed E-state index contributed by atoms with van der Waals surface area (Å²) in [5.74, 6) is -0.239. The monoisotopic (exact) mass is 353 g/mol. The lowest BCUT2D eigenvalue weighted by Gasteiger charge is -2.00. The van der Waals surface area contributed by atoms with Gasteiger partial charge in [-0.1, -0.05) is 41.2 Å². The Bertz CT molecular complexity index is 1020. The highest BCUT2D eigenvalue weighted by Gasteiger charge is 2.12. The summed E-state index contributed by atoms with van der Waals surface area (Å²) in [6.07, 6.45) is 0. The van der Waals surface area contributed by atoms with Gasteiger partial charge in [0, 0.05) is 11.1 Å². The van der Waals surface area contributed by atoms with Crippen molar-refractivity contribution < 1.29 is 4.79 Å². The number of fused-ring (bicyclic) bond motifs is 1. The number of carbonyl (C=O) groups is 1. The molecule has 0 aliphatic rings. The minimum atomic E-state index is -0.239. The number of nitrogens with zero attached hydrogens (tertiary/aromatic N) is 4. The second-order valence-electron chi connectivity index (χ2n) is 5.20. The molecule has 8 heteroatoms. The largest absolute Gasteiger partial charge is 0.296 e. The van der Waals surface area contributed by atoms with E-state index in [2.05, 4.69) is 24.3 Å². The summed E-state index contributed by atoms with van der Waals surface area (Å²) in [6, 6.07) is 13.2. The summed E-state index contributed by atoms with van der Waals surface area (Å²) in [6.45, 7) is 2.03. The SMILES string of the molecule is Cc1ccc(-c2nnc(NC(=O)c3ccc4nsnc4c3)s2)cc1. The van der Waals surface area contributed by atoms with Crippen LogP contribution in [0.4, 0.5) is 5.13 Å². The number of nitrogens with one attached hydrogen (secondary N) is 1. The number of amides is 1. The molecule has 0 aliphatic carbocycles. The highest BCUT2D eigenvalue weighted by atomic mass is 32.1. The number of hydrogen-bond acceptors (Lipinski definition) is 7. The van der Waals surface area contributed by atoms with Crippen molar-refractivity contribution in [3.8, 4) is 10.6 Å². The third-order valence-electron chi connectivity index (χ3n) is 3.46. The highest BCUT2D eigenvalue weighted by molar-refractivity contribution is 7.18. The molecule has 0 aliphatic heterocycles. The van der Waals surface area contributed by atoms with Crippen LogP contribution in [-0.2, 0) is 0 Å². The lowest BCUT2D eigenvalue weighted by molar-refractivity contribution is 0.102. The number of hydrogen-bond donors (Lipinski definition) is 1. The molecule has 0 fully saturated rings. The van der Waals surface area contributed by atoms with Crippen molar-refractivity contribution in [2.24, 2.45) is 0 Å². The highest BCUT2D eigenvalue weighted by Crippen LogP contribution is 2.27. The van der Waals surface area contributed by atoms with Gasteiger partial charge in [-0.15, -0.1) is 10.2 Å². The number of benzene rings is 2. The first-order chi connectivity index (χ1) is 11.7. The standard InChI is InChI=1S/C16H11N5OS2/c1-9-2-4-10(5-3-9)15-18-19-16(23-15)17-14(22)11-6-7-12-13(8-11)21-24-20-12/h2-8H,1H3,(H,17,19,22). The summed E-state index contributed by atoms with van der Waals surface area (Å²) in [7, 11) is 0. The number of anilines is 1. The van der Waals surface area contributed by atoms with Crippen LogP contribution in [0.1, 0.15) is 15.9 Å². The van der Waals surface area contributed by atoms with Gasteiger partial charge in [-0.05, 0) is 25.1 Å². The Labute approximate surface area is 145 Å². The fraction of sp³-hybridized carbons (Fsp3) is 0.0625. The molecule has 118 valence electrons. The number of rotatable bonds is 3. The van der Waals surface area contributed by atoms with E-state index in [4.69, 9.17) is 0 Å². The number of aryl methyl sites for hydroxylation is 1. The van der Waals surface area contributed by atoms with Crippen LogP contribution in [0.25, 0.3) is 21.6 Å². The van der Waals surface area contributed by atoms with E-state index < -0.39 is 0 Å². The maximum Gasteiger partial charge on any atom is 0.257 e. The molecular formula is C16H11N5OS2. The van der Waals surface area contributed by atoms with Gasteiger partial charge in [-0.25, -0.2) is 0 Å². The first-order valence-corrected chi connectivity index (χ1v) is 8.68. The van der Waals surface area contributed by atoms with E-state index in [0.29, 0.717) is 16.2 Å². The predicted octanol–water partition coefficient (Wildman–Crippen LogP) is 3.77. The van der Waals surface area contributed by atoms with Crippen LogP contribution in [0.15, 0.2) is 42.5 Å². The van der Waals surface area contributed by atoms with E-state index in [1.165, 1.54) is 16.9 Å². The quantitative estimate of drug-likeness (QED) is 0.606. The van der Waals surface area contributed by atoms with E-state index in [-0.39, 0.29) is 5.91 Å². The Morgan fingerprint density at radius 2 is 1.79 bits per heavy atom. The molecule has 4 aromatic rings. The normalized spacial score (nSPS) is 10.9. The van der Waals surface area contributed by atoms with Crippen molar-refractivity contribution in [2.45, 2.75) is 6.92 Å². The Balaban J connectivity index is 1.54. The second-order valence-corrected chi connectivity index (χ2v) is 6.71. The maximum atomic E-state index is 12.4. The summed E-state index contributed by atoms with van der Waals surface area (Å²) in [5.41, 5.74) is 4.18. The van der Waals surface area contributed by atoms with E-state index in [1.54, 1.807) is 18.2 Å². The van der Waals surface area contributed by atoms with Gasteiger partial charge in [0.2, 0.25) is 5.13 Å². The average Bonchev–Trinajstić information content (AvgIpc) is 3.24. The fourth-order valence-corrected chi connectivity index (χ4v) is 3.44. The Kier molecular flexibility index (Phi) is 3.75. The summed E-state index contributed by atoms with van der Waals surface area (Å²) < 4.78 is 8.27. The molecule has 0 saturated carbocycles. The molecule has 0 radical (unpaired) electrons. The molecule has 0 spiro atoms. The third kappa shape index (κ3) is 2.89. The van der Waals surface area contributed by atoms with Crippen molar-refractivity contribution in [1.82, 2.24) is 18.9 Å².